The van der Waals surface area contributed by atoms with E-state index in [0.717, 1.165) is 13.0 Å². The molecular formula is C13H23N3O3. The van der Waals surface area contributed by atoms with Crippen LogP contribution in [0.5, 0.6) is 0 Å². The molecule has 0 aromatic rings. The molecule has 0 aromatic heterocycles. The largest absolute Gasteiger partial charge is 0.348 e. The van der Waals surface area contributed by atoms with Gasteiger partial charge < -0.3 is 15.1 Å². The molecule has 1 aliphatic heterocycles. The van der Waals surface area contributed by atoms with Crippen molar-refractivity contribution in [3.05, 3.63) is 0 Å². The summed E-state index contributed by atoms with van der Waals surface area (Å²) in [6, 6.07) is 0. The van der Waals surface area contributed by atoms with Crippen molar-refractivity contribution in [1.29, 1.82) is 0 Å². The molecule has 0 aromatic carbocycles. The highest BCUT2D eigenvalue weighted by Crippen LogP contribution is 2.09. The molecular weight excluding hydrogens is 246 g/mol. The van der Waals surface area contributed by atoms with Gasteiger partial charge >= 0.3 is 11.8 Å². The lowest BCUT2D eigenvalue weighted by molar-refractivity contribution is -0.145. The third-order valence-corrected chi connectivity index (χ3v) is 3.31. The summed E-state index contributed by atoms with van der Waals surface area (Å²) in [6.07, 6.45) is 2.24. The molecule has 3 amide bonds. The van der Waals surface area contributed by atoms with E-state index in [-0.39, 0.29) is 5.91 Å². The number of carbonyl (C=O) groups excluding carboxylic acids is 3. The molecule has 1 rings (SSSR count). The Hall–Kier alpha value is -1.59. The summed E-state index contributed by atoms with van der Waals surface area (Å²) in [7, 11) is 0. The molecule has 1 aliphatic rings. The van der Waals surface area contributed by atoms with E-state index in [9.17, 15) is 14.4 Å². The molecule has 0 saturated carbocycles. The highest BCUT2D eigenvalue weighted by atomic mass is 16.2. The Bertz CT molecular complexity index is 340. The zero-order chi connectivity index (χ0) is 14.3. The maximum atomic E-state index is 11.7. The number of carbonyl (C=O) groups is 3. The molecule has 1 heterocycles. The fourth-order valence-electron chi connectivity index (χ4n) is 2.14. The van der Waals surface area contributed by atoms with Crippen molar-refractivity contribution in [2.24, 2.45) is 0 Å². The van der Waals surface area contributed by atoms with Gasteiger partial charge in [0.15, 0.2) is 0 Å². The Balaban J connectivity index is 2.19. The Morgan fingerprint density at radius 3 is 2.53 bits per heavy atom. The van der Waals surface area contributed by atoms with Gasteiger partial charge in [-0.1, -0.05) is 0 Å². The standard InChI is InChI=1S/C13H23N3O3/c1-3-15(4-2)13(19)12(18)14-8-6-10-16-9-5-7-11(16)17/h3-10H2,1-2H3,(H,14,18). The lowest BCUT2D eigenvalue weighted by Gasteiger charge is -2.18. The topological polar surface area (TPSA) is 69.7 Å². The Kier molecular flexibility index (Phi) is 6.32. The van der Waals surface area contributed by atoms with E-state index in [0.29, 0.717) is 39.0 Å². The van der Waals surface area contributed by atoms with Gasteiger partial charge in [0, 0.05) is 39.1 Å². The van der Waals surface area contributed by atoms with Gasteiger partial charge in [0.25, 0.3) is 0 Å². The summed E-state index contributed by atoms with van der Waals surface area (Å²) in [6.45, 7) is 6.64. The lowest BCUT2D eigenvalue weighted by Crippen LogP contribution is -2.43. The molecule has 0 bridgehead atoms. The summed E-state index contributed by atoms with van der Waals surface area (Å²) in [4.78, 5) is 37.9. The van der Waals surface area contributed by atoms with Gasteiger partial charge in [-0.3, -0.25) is 14.4 Å². The first-order valence-electron chi connectivity index (χ1n) is 6.95. The SMILES string of the molecule is CCN(CC)C(=O)C(=O)NCCCN1CCCC1=O. The number of hydrogen-bond acceptors (Lipinski definition) is 3. The van der Waals surface area contributed by atoms with Crippen LogP contribution in [0.2, 0.25) is 0 Å². The van der Waals surface area contributed by atoms with Crippen LogP contribution < -0.4 is 5.32 Å². The molecule has 6 nitrogen and oxygen atoms in total. The van der Waals surface area contributed by atoms with Gasteiger partial charge in [-0.25, -0.2) is 0 Å². The minimum absolute atomic E-state index is 0.186. The van der Waals surface area contributed by atoms with Crippen molar-refractivity contribution < 1.29 is 14.4 Å². The molecule has 1 N–H and O–H groups in total. The normalized spacial score (nSPS) is 14.6. The predicted octanol–water partition coefficient (Wildman–Crippen LogP) is -0.0165. The maximum Gasteiger partial charge on any atom is 0.311 e. The van der Waals surface area contributed by atoms with Gasteiger partial charge in [0.05, 0.1) is 0 Å². The van der Waals surface area contributed by atoms with Crippen LogP contribution in [0.4, 0.5) is 0 Å². The average molecular weight is 269 g/mol. The van der Waals surface area contributed by atoms with Gasteiger partial charge in [-0.05, 0) is 26.7 Å². The molecule has 1 saturated heterocycles. The molecule has 0 radical (unpaired) electrons. The van der Waals surface area contributed by atoms with E-state index in [1.54, 1.807) is 4.90 Å². The van der Waals surface area contributed by atoms with Crippen molar-refractivity contribution in [2.45, 2.75) is 33.1 Å². The fourth-order valence-corrected chi connectivity index (χ4v) is 2.14. The molecule has 1 fully saturated rings. The number of nitrogens with zero attached hydrogens (tertiary/aromatic N) is 2. The monoisotopic (exact) mass is 269 g/mol. The van der Waals surface area contributed by atoms with E-state index < -0.39 is 11.8 Å². The third kappa shape index (κ3) is 4.54. The molecule has 0 atom stereocenters. The van der Waals surface area contributed by atoms with Crippen LogP contribution in [0, 0.1) is 0 Å². The minimum Gasteiger partial charge on any atom is -0.348 e. The van der Waals surface area contributed by atoms with Crippen molar-refractivity contribution in [3.63, 3.8) is 0 Å². The summed E-state index contributed by atoms with van der Waals surface area (Å²) in [5, 5.41) is 2.60. The lowest BCUT2D eigenvalue weighted by atomic mass is 10.3. The molecule has 0 spiro atoms. The van der Waals surface area contributed by atoms with E-state index in [4.69, 9.17) is 0 Å². The number of hydrogen-bond donors (Lipinski definition) is 1. The molecule has 0 unspecified atom stereocenters. The summed E-state index contributed by atoms with van der Waals surface area (Å²) in [5.74, 6) is -0.857. The van der Waals surface area contributed by atoms with Crippen LogP contribution in [0.3, 0.4) is 0 Å². The van der Waals surface area contributed by atoms with Crippen molar-refractivity contribution in [1.82, 2.24) is 15.1 Å². The first-order chi connectivity index (χ1) is 9.10. The van der Waals surface area contributed by atoms with Gasteiger partial charge in [-0.15, -0.1) is 0 Å². The quantitative estimate of drug-likeness (QED) is 0.544. The number of likely N-dealkylation sites (tertiary alicyclic amines) is 1. The number of likely N-dealkylation sites (N-methyl/N-ethyl adjacent to an activating group) is 1. The summed E-state index contributed by atoms with van der Waals surface area (Å²) < 4.78 is 0. The van der Waals surface area contributed by atoms with Gasteiger partial charge in [0.2, 0.25) is 5.91 Å². The molecule has 19 heavy (non-hydrogen) atoms. The Morgan fingerprint density at radius 2 is 2.00 bits per heavy atom. The zero-order valence-electron chi connectivity index (χ0n) is 11.8. The zero-order valence-corrected chi connectivity index (χ0v) is 11.8. The number of amides is 3. The second-order valence-corrected chi connectivity index (χ2v) is 4.57. The van der Waals surface area contributed by atoms with E-state index >= 15 is 0 Å². The molecule has 108 valence electrons. The Morgan fingerprint density at radius 1 is 1.32 bits per heavy atom. The highest BCUT2D eigenvalue weighted by molar-refractivity contribution is 6.34. The van der Waals surface area contributed by atoms with Crippen molar-refractivity contribution in [3.8, 4) is 0 Å². The van der Waals surface area contributed by atoms with Crippen LogP contribution in [0.1, 0.15) is 33.1 Å². The first kappa shape index (κ1) is 15.5. The Labute approximate surface area is 114 Å². The second-order valence-electron chi connectivity index (χ2n) is 4.57. The van der Waals surface area contributed by atoms with Crippen LogP contribution in [0.15, 0.2) is 0 Å². The third-order valence-electron chi connectivity index (χ3n) is 3.31. The van der Waals surface area contributed by atoms with E-state index in [1.807, 2.05) is 13.8 Å². The van der Waals surface area contributed by atoms with Crippen molar-refractivity contribution in [2.75, 3.05) is 32.7 Å². The highest BCUT2D eigenvalue weighted by Gasteiger charge is 2.20. The fraction of sp³-hybridized carbons (Fsp3) is 0.769. The molecule has 0 aliphatic carbocycles. The van der Waals surface area contributed by atoms with Crippen LogP contribution in [-0.2, 0) is 14.4 Å². The van der Waals surface area contributed by atoms with Gasteiger partial charge in [0.1, 0.15) is 0 Å². The van der Waals surface area contributed by atoms with E-state index in [1.165, 1.54) is 4.90 Å². The minimum atomic E-state index is -0.559. The smallest absolute Gasteiger partial charge is 0.311 e. The second kappa shape index (κ2) is 7.76. The van der Waals surface area contributed by atoms with Crippen molar-refractivity contribution >= 4 is 17.7 Å². The summed E-state index contributed by atoms with van der Waals surface area (Å²) in [5.41, 5.74) is 0. The predicted molar refractivity (Wildman–Crippen MR) is 71.4 cm³/mol. The van der Waals surface area contributed by atoms with Crippen LogP contribution >= 0.6 is 0 Å². The molecule has 6 heteroatoms. The number of rotatable bonds is 6. The van der Waals surface area contributed by atoms with E-state index in [2.05, 4.69) is 5.32 Å². The average Bonchev–Trinajstić information content (AvgIpc) is 2.81. The number of nitrogens with one attached hydrogen (secondary N) is 1. The first-order valence-corrected chi connectivity index (χ1v) is 6.95. The summed E-state index contributed by atoms with van der Waals surface area (Å²) >= 11 is 0. The van der Waals surface area contributed by atoms with Crippen LogP contribution in [-0.4, -0.2) is 60.2 Å². The van der Waals surface area contributed by atoms with Gasteiger partial charge in [-0.2, -0.15) is 0 Å². The van der Waals surface area contributed by atoms with Crippen LogP contribution in [0.25, 0.3) is 0 Å². The maximum absolute atomic E-state index is 11.7.